The average Bonchev–Trinajstić information content (AvgIpc) is 2.95. The zero-order valence-corrected chi connectivity index (χ0v) is 21.5. The van der Waals surface area contributed by atoms with E-state index in [2.05, 4.69) is 5.32 Å². The minimum Gasteiger partial charge on any atom is -0.495 e. The zero-order valence-electron chi connectivity index (χ0n) is 20.7. The molecule has 4 aromatic rings. The molecule has 0 spiro atoms. The van der Waals surface area contributed by atoms with Gasteiger partial charge in [0.2, 0.25) is 10.0 Å². The van der Waals surface area contributed by atoms with Crippen molar-refractivity contribution < 1.29 is 32.2 Å². The molecule has 196 valence electrons. The highest BCUT2D eigenvalue weighted by atomic mass is 32.2. The Morgan fingerprint density at radius 1 is 0.921 bits per heavy atom. The number of carbonyl (C=O) groups is 2. The lowest BCUT2D eigenvalue weighted by Gasteiger charge is -2.26. The minimum absolute atomic E-state index is 0.00900. The van der Waals surface area contributed by atoms with E-state index in [1.54, 1.807) is 0 Å². The molecule has 1 fully saturated rings. The van der Waals surface area contributed by atoms with Gasteiger partial charge in [0, 0.05) is 13.1 Å². The molecule has 1 heterocycles. The molecular weight excluding hydrogens is 508 g/mol. The molecule has 1 saturated heterocycles. The first-order valence-corrected chi connectivity index (χ1v) is 13.5. The van der Waals surface area contributed by atoms with E-state index in [1.165, 1.54) is 29.6 Å². The second kappa shape index (κ2) is 10.8. The third kappa shape index (κ3) is 5.06. The van der Waals surface area contributed by atoms with Crippen LogP contribution in [0.15, 0.2) is 77.7 Å². The third-order valence-corrected chi connectivity index (χ3v) is 8.26. The van der Waals surface area contributed by atoms with Crippen LogP contribution in [0.2, 0.25) is 0 Å². The van der Waals surface area contributed by atoms with Crippen LogP contribution in [0.1, 0.15) is 10.4 Å². The van der Waals surface area contributed by atoms with Gasteiger partial charge in [-0.15, -0.1) is 0 Å². The lowest BCUT2D eigenvalue weighted by atomic mass is 9.97. The van der Waals surface area contributed by atoms with Crippen molar-refractivity contribution in [2.45, 2.75) is 4.90 Å². The Hall–Kier alpha value is -3.99. The Morgan fingerprint density at radius 3 is 2.18 bits per heavy atom. The van der Waals surface area contributed by atoms with Crippen LogP contribution in [0.3, 0.4) is 0 Å². The van der Waals surface area contributed by atoms with E-state index in [4.69, 9.17) is 14.2 Å². The van der Waals surface area contributed by atoms with Gasteiger partial charge in [-0.2, -0.15) is 4.31 Å². The summed E-state index contributed by atoms with van der Waals surface area (Å²) < 4.78 is 43.4. The van der Waals surface area contributed by atoms with Gasteiger partial charge in [-0.3, -0.25) is 4.79 Å². The number of fused-ring (bicyclic) bond motifs is 2. The molecule has 10 heteroatoms. The molecule has 5 rings (SSSR count). The van der Waals surface area contributed by atoms with Gasteiger partial charge in [0.15, 0.2) is 6.61 Å². The molecule has 0 saturated carbocycles. The van der Waals surface area contributed by atoms with Gasteiger partial charge >= 0.3 is 5.97 Å². The number of benzene rings is 4. The molecule has 0 aliphatic carbocycles. The first-order valence-electron chi connectivity index (χ1n) is 12.0. The fraction of sp³-hybridized carbons (Fsp3) is 0.214. The predicted octanol–water partition coefficient (Wildman–Crippen LogP) is 3.82. The second-order valence-corrected chi connectivity index (χ2v) is 10.6. The van der Waals surface area contributed by atoms with E-state index in [0.29, 0.717) is 18.8 Å². The van der Waals surface area contributed by atoms with E-state index >= 15 is 0 Å². The number of methoxy groups -OCH3 is 1. The van der Waals surface area contributed by atoms with Crippen LogP contribution in [-0.2, 0) is 24.3 Å². The molecule has 1 aliphatic heterocycles. The predicted molar refractivity (Wildman–Crippen MR) is 143 cm³/mol. The number of morpholine rings is 1. The highest BCUT2D eigenvalue weighted by molar-refractivity contribution is 7.89. The highest BCUT2D eigenvalue weighted by Gasteiger charge is 2.27. The first-order chi connectivity index (χ1) is 18.4. The lowest BCUT2D eigenvalue weighted by Crippen LogP contribution is -2.40. The van der Waals surface area contributed by atoms with E-state index in [0.717, 1.165) is 21.5 Å². The van der Waals surface area contributed by atoms with Gasteiger partial charge in [-0.25, -0.2) is 13.2 Å². The van der Waals surface area contributed by atoms with Crippen molar-refractivity contribution in [3.8, 4) is 5.75 Å². The Labute approximate surface area is 219 Å². The van der Waals surface area contributed by atoms with Crippen LogP contribution in [0.4, 0.5) is 5.69 Å². The van der Waals surface area contributed by atoms with Crippen LogP contribution in [-0.4, -0.2) is 64.6 Å². The summed E-state index contributed by atoms with van der Waals surface area (Å²) in [4.78, 5) is 26.0. The molecule has 0 atom stereocenters. The fourth-order valence-electron chi connectivity index (χ4n) is 4.50. The Kier molecular flexibility index (Phi) is 7.28. The van der Waals surface area contributed by atoms with Gasteiger partial charge in [0.25, 0.3) is 5.91 Å². The number of nitrogens with zero attached hydrogens (tertiary/aromatic N) is 1. The summed E-state index contributed by atoms with van der Waals surface area (Å²) in [5.74, 6) is -1.00. The van der Waals surface area contributed by atoms with Crippen molar-refractivity contribution in [1.82, 2.24) is 4.31 Å². The number of ether oxygens (including phenoxy) is 3. The van der Waals surface area contributed by atoms with Crippen LogP contribution >= 0.6 is 0 Å². The summed E-state index contributed by atoms with van der Waals surface area (Å²) in [5, 5.41) is 5.81. The molecule has 4 aromatic carbocycles. The summed E-state index contributed by atoms with van der Waals surface area (Å²) >= 11 is 0. The van der Waals surface area contributed by atoms with Crippen LogP contribution in [0, 0.1) is 0 Å². The summed E-state index contributed by atoms with van der Waals surface area (Å²) in [7, 11) is -2.38. The van der Waals surface area contributed by atoms with Gasteiger partial charge < -0.3 is 19.5 Å². The molecule has 1 aliphatic rings. The average molecular weight is 535 g/mol. The molecule has 1 N–H and O–H groups in total. The van der Waals surface area contributed by atoms with Gasteiger partial charge in [0.1, 0.15) is 5.75 Å². The lowest BCUT2D eigenvalue weighted by molar-refractivity contribution is -0.119. The Bertz CT molecular complexity index is 1580. The van der Waals surface area contributed by atoms with Crippen molar-refractivity contribution in [3.05, 3.63) is 78.4 Å². The number of anilines is 1. The van der Waals surface area contributed by atoms with E-state index in [-0.39, 0.29) is 29.4 Å². The van der Waals surface area contributed by atoms with Crippen LogP contribution in [0.25, 0.3) is 21.5 Å². The molecule has 0 bridgehead atoms. The Balaban J connectivity index is 1.35. The zero-order chi connectivity index (χ0) is 26.7. The molecule has 0 aromatic heterocycles. The number of carbonyl (C=O) groups excluding carboxylic acids is 2. The SMILES string of the molecule is COc1ccc(S(=O)(=O)N2CCOCC2)cc1NC(=O)COC(=O)c1c2ccccc2cc2ccccc12. The normalized spacial score (nSPS) is 14.3. The van der Waals surface area contributed by atoms with Crippen molar-refractivity contribution in [2.24, 2.45) is 0 Å². The second-order valence-electron chi connectivity index (χ2n) is 8.70. The summed E-state index contributed by atoms with van der Waals surface area (Å²) in [6, 6.07) is 21.2. The number of hydrogen-bond donors (Lipinski definition) is 1. The van der Waals surface area contributed by atoms with Crippen molar-refractivity contribution in [3.63, 3.8) is 0 Å². The van der Waals surface area contributed by atoms with Crippen LogP contribution < -0.4 is 10.1 Å². The number of amides is 1. The van der Waals surface area contributed by atoms with E-state index in [9.17, 15) is 18.0 Å². The van der Waals surface area contributed by atoms with E-state index in [1.807, 2.05) is 54.6 Å². The summed E-state index contributed by atoms with van der Waals surface area (Å²) in [6.45, 7) is 0.552. The molecular formula is C28H26N2O7S. The maximum absolute atomic E-state index is 13.2. The van der Waals surface area contributed by atoms with Crippen molar-refractivity contribution in [1.29, 1.82) is 0 Å². The molecule has 0 radical (unpaired) electrons. The van der Waals surface area contributed by atoms with Gasteiger partial charge in [-0.1, -0.05) is 48.5 Å². The monoisotopic (exact) mass is 534 g/mol. The maximum atomic E-state index is 13.2. The maximum Gasteiger partial charge on any atom is 0.339 e. The standard InChI is InChI=1S/C28H26N2O7S/c1-35-25-11-10-21(38(33,34)30-12-14-36-15-13-30)17-24(25)29-26(31)18-37-28(32)27-22-8-4-2-6-19(22)16-20-7-3-5-9-23(20)27/h2-11,16-17H,12-15,18H2,1H3,(H,29,31). The van der Waals surface area contributed by atoms with Crippen molar-refractivity contribution >= 4 is 49.1 Å². The Morgan fingerprint density at radius 2 is 1.55 bits per heavy atom. The molecule has 1 amide bonds. The molecule has 38 heavy (non-hydrogen) atoms. The van der Waals surface area contributed by atoms with E-state index < -0.39 is 28.5 Å². The summed E-state index contributed by atoms with van der Waals surface area (Å²) in [5.41, 5.74) is 0.529. The number of sulfonamides is 1. The summed E-state index contributed by atoms with van der Waals surface area (Å²) in [6.07, 6.45) is 0. The largest absolute Gasteiger partial charge is 0.495 e. The van der Waals surface area contributed by atoms with Gasteiger partial charge in [0.05, 0.1) is 36.5 Å². The topological polar surface area (TPSA) is 111 Å². The van der Waals surface area contributed by atoms with Crippen LogP contribution in [0.5, 0.6) is 5.75 Å². The quantitative estimate of drug-likeness (QED) is 0.283. The fourth-order valence-corrected chi connectivity index (χ4v) is 5.94. The number of rotatable bonds is 7. The molecule has 9 nitrogen and oxygen atoms in total. The van der Waals surface area contributed by atoms with Crippen molar-refractivity contribution in [2.75, 3.05) is 45.3 Å². The highest BCUT2D eigenvalue weighted by Crippen LogP contribution is 2.31. The smallest absolute Gasteiger partial charge is 0.339 e. The molecule has 0 unspecified atom stereocenters. The first kappa shape index (κ1) is 25.7. The third-order valence-electron chi connectivity index (χ3n) is 6.36. The van der Waals surface area contributed by atoms with Gasteiger partial charge in [-0.05, 0) is 45.8 Å². The minimum atomic E-state index is -3.79. The number of nitrogens with one attached hydrogen (secondary N) is 1. The number of esters is 1. The number of hydrogen-bond acceptors (Lipinski definition) is 7.